The average molecular weight is 231 g/mol. The van der Waals surface area contributed by atoms with Gasteiger partial charge in [-0.3, -0.25) is 9.69 Å². The van der Waals surface area contributed by atoms with Crippen LogP contribution in [0, 0.1) is 0 Å². The highest BCUT2D eigenvalue weighted by atomic mass is 32.2. The van der Waals surface area contributed by atoms with Gasteiger partial charge in [0.2, 0.25) is 0 Å². The van der Waals surface area contributed by atoms with Crippen LogP contribution in [-0.4, -0.2) is 46.6 Å². The highest BCUT2D eigenvalue weighted by molar-refractivity contribution is 7.99. The molecule has 0 saturated carbocycles. The molecule has 1 fully saturated rings. The molecule has 0 spiro atoms. The van der Waals surface area contributed by atoms with Crippen molar-refractivity contribution in [3.05, 3.63) is 0 Å². The maximum atomic E-state index is 11.4. The van der Waals surface area contributed by atoms with Crippen LogP contribution in [0.2, 0.25) is 0 Å². The molecule has 1 saturated heterocycles. The van der Waals surface area contributed by atoms with Crippen molar-refractivity contribution in [1.29, 1.82) is 0 Å². The number of carbonyl (C=O) groups is 1. The predicted molar refractivity (Wildman–Crippen MR) is 64.5 cm³/mol. The number of carboxylic acid groups (broad SMARTS) is 1. The number of carboxylic acids is 1. The van der Waals surface area contributed by atoms with Gasteiger partial charge in [-0.2, -0.15) is 11.8 Å². The van der Waals surface area contributed by atoms with E-state index in [9.17, 15) is 9.90 Å². The minimum absolute atomic E-state index is 0.599. The van der Waals surface area contributed by atoms with Crippen LogP contribution in [0.5, 0.6) is 0 Å². The Bertz CT molecular complexity index is 215. The second-order valence-electron chi connectivity index (χ2n) is 4.27. The highest BCUT2D eigenvalue weighted by Gasteiger charge is 2.43. The van der Waals surface area contributed by atoms with Gasteiger partial charge < -0.3 is 5.11 Å². The summed E-state index contributed by atoms with van der Waals surface area (Å²) < 4.78 is 0. The number of thioether (sulfide) groups is 1. The Morgan fingerprint density at radius 2 is 2.33 bits per heavy atom. The summed E-state index contributed by atoms with van der Waals surface area (Å²) in [7, 11) is 1.95. The second kappa shape index (κ2) is 5.75. The third-order valence-corrected chi connectivity index (χ3v) is 4.45. The Morgan fingerprint density at radius 3 is 2.80 bits per heavy atom. The van der Waals surface area contributed by atoms with Gasteiger partial charge in [0.05, 0.1) is 0 Å². The van der Waals surface area contributed by atoms with Crippen LogP contribution in [0.3, 0.4) is 0 Å². The lowest BCUT2D eigenvalue weighted by molar-refractivity contribution is -0.150. The minimum Gasteiger partial charge on any atom is -0.480 e. The largest absolute Gasteiger partial charge is 0.480 e. The minimum atomic E-state index is -0.645. The summed E-state index contributed by atoms with van der Waals surface area (Å²) >= 11 is 1.77. The summed E-state index contributed by atoms with van der Waals surface area (Å²) in [6, 6.07) is 0. The van der Waals surface area contributed by atoms with Crippen LogP contribution in [-0.2, 0) is 4.79 Å². The molecule has 0 amide bonds. The molecule has 4 heteroatoms. The number of hydrogen-bond acceptors (Lipinski definition) is 3. The molecule has 1 atom stereocenters. The van der Waals surface area contributed by atoms with E-state index in [1.54, 1.807) is 11.8 Å². The van der Waals surface area contributed by atoms with Crippen LogP contribution >= 0.6 is 11.8 Å². The van der Waals surface area contributed by atoms with Gasteiger partial charge in [0.1, 0.15) is 5.54 Å². The van der Waals surface area contributed by atoms with Crippen molar-refractivity contribution in [3.63, 3.8) is 0 Å². The smallest absolute Gasteiger partial charge is 0.324 e. The summed E-state index contributed by atoms with van der Waals surface area (Å²) in [5.74, 6) is 1.20. The molecule has 0 aromatic rings. The van der Waals surface area contributed by atoms with E-state index in [4.69, 9.17) is 0 Å². The number of likely N-dealkylation sites (N-methyl/N-ethyl adjacent to an activating group) is 1. The van der Waals surface area contributed by atoms with Gasteiger partial charge in [-0.25, -0.2) is 0 Å². The van der Waals surface area contributed by atoms with Gasteiger partial charge in [-0.15, -0.1) is 0 Å². The van der Waals surface area contributed by atoms with E-state index in [1.807, 2.05) is 11.9 Å². The molecule has 0 radical (unpaired) electrons. The lowest BCUT2D eigenvalue weighted by atomic mass is 9.93. The monoisotopic (exact) mass is 231 g/mol. The highest BCUT2D eigenvalue weighted by Crippen LogP contribution is 2.31. The second-order valence-corrected chi connectivity index (χ2v) is 5.37. The van der Waals surface area contributed by atoms with E-state index in [0.29, 0.717) is 0 Å². The molecule has 0 aromatic carbocycles. The first kappa shape index (κ1) is 12.8. The molecule has 1 aliphatic heterocycles. The summed E-state index contributed by atoms with van der Waals surface area (Å²) in [4.78, 5) is 13.5. The zero-order valence-corrected chi connectivity index (χ0v) is 10.5. The summed E-state index contributed by atoms with van der Waals surface area (Å²) in [5.41, 5.74) is -0.599. The maximum Gasteiger partial charge on any atom is 0.324 e. The zero-order valence-electron chi connectivity index (χ0n) is 9.66. The first-order chi connectivity index (χ1) is 7.13. The summed E-state index contributed by atoms with van der Waals surface area (Å²) in [6.45, 7) is 3.03. The molecule has 0 bridgehead atoms. The molecular weight excluding hydrogens is 210 g/mol. The zero-order chi connectivity index (χ0) is 11.3. The third-order valence-electron chi connectivity index (χ3n) is 3.20. The Hall–Kier alpha value is -0.220. The van der Waals surface area contributed by atoms with Gasteiger partial charge in [-0.05, 0) is 38.6 Å². The van der Waals surface area contributed by atoms with Gasteiger partial charge in [0.25, 0.3) is 0 Å². The van der Waals surface area contributed by atoms with E-state index in [1.165, 1.54) is 0 Å². The predicted octanol–water partition coefficient (Wildman–Crippen LogP) is 2.07. The molecular formula is C11H21NO2S. The Morgan fingerprint density at radius 1 is 1.60 bits per heavy atom. The lowest BCUT2D eigenvalue weighted by Crippen LogP contribution is -2.56. The van der Waals surface area contributed by atoms with Crippen molar-refractivity contribution >= 4 is 17.7 Å². The van der Waals surface area contributed by atoms with Gasteiger partial charge >= 0.3 is 5.97 Å². The number of aliphatic carboxylic acids is 1. The summed E-state index contributed by atoms with van der Waals surface area (Å²) in [6.07, 6.45) is 4.02. The van der Waals surface area contributed by atoms with E-state index in [2.05, 4.69) is 6.92 Å². The third kappa shape index (κ3) is 2.88. The fourth-order valence-electron chi connectivity index (χ4n) is 2.02. The van der Waals surface area contributed by atoms with Crippen molar-refractivity contribution in [3.8, 4) is 0 Å². The number of rotatable bonds is 5. The maximum absolute atomic E-state index is 11.4. The van der Waals surface area contributed by atoms with E-state index < -0.39 is 11.5 Å². The van der Waals surface area contributed by atoms with Crippen LogP contribution in [0.1, 0.15) is 32.6 Å². The van der Waals surface area contributed by atoms with Crippen molar-refractivity contribution < 1.29 is 9.90 Å². The molecule has 1 N–H and O–H groups in total. The molecule has 0 aromatic heterocycles. The molecule has 0 aliphatic carbocycles. The van der Waals surface area contributed by atoms with Crippen LogP contribution in [0.4, 0.5) is 0 Å². The molecule has 88 valence electrons. The fraction of sp³-hybridized carbons (Fsp3) is 0.909. The lowest BCUT2D eigenvalue weighted by Gasteiger charge is -2.40. The van der Waals surface area contributed by atoms with Crippen molar-refractivity contribution in [2.45, 2.75) is 38.1 Å². The molecule has 1 rings (SSSR count). The van der Waals surface area contributed by atoms with E-state index >= 15 is 0 Å². The van der Waals surface area contributed by atoms with Gasteiger partial charge in [0, 0.05) is 5.75 Å². The van der Waals surface area contributed by atoms with Crippen LogP contribution < -0.4 is 0 Å². The summed E-state index contributed by atoms with van der Waals surface area (Å²) in [5, 5.41) is 9.40. The van der Waals surface area contributed by atoms with Crippen LogP contribution in [0.15, 0.2) is 0 Å². The standard InChI is InChI=1S/C11H21NO2S/c1-3-4-7-12(2)11(10(13)14)6-5-8-15-9-11/h3-9H2,1-2H3,(H,13,14). The first-order valence-corrected chi connectivity index (χ1v) is 6.81. The number of unbranched alkanes of at least 4 members (excludes halogenated alkanes) is 1. The first-order valence-electron chi connectivity index (χ1n) is 5.66. The van der Waals surface area contributed by atoms with E-state index in [0.717, 1.165) is 43.7 Å². The normalized spacial score (nSPS) is 26.9. The molecule has 1 unspecified atom stereocenters. The molecule has 1 aliphatic rings. The number of hydrogen-bond donors (Lipinski definition) is 1. The molecule has 15 heavy (non-hydrogen) atoms. The Labute approximate surface area is 96.2 Å². The van der Waals surface area contributed by atoms with Crippen LogP contribution in [0.25, 0.3) is 0 Å². The van der Waals surface area contributed by atoms with Gasteiger partial charge in [-0.1, -0.05) is 13.3 Å². The average Bonchev–Trinajstić information content (AvgIpc) is 2.26. The SMILES string of the molecule is CCCCN(C)C1(C(=O)O)CCCSC1. The van der Waals surface area contributed by atoms with Crippen molar-refractivity contribution in [2.75, 3.05) is 25.1 Å². The molecule has 3 nitrogen and oxygen atoms in total. The quantitative estimate of drug-likeness (QED) is 0.786. The fourth-order valence-corrected chi connectivity index (χ4v) is 3.34. The Kier molecular flexibility index (Phi) is 4.93. The van der Waals surface area contributed by atoms with E-state index in [-0.39, 0.29) is 0 Å². The molecule has 1 heterocycles. The van der Waals surface area contributed by atoms with Gasteiger partial charge in [0.15, 0.2) is 0 Å². The Balaban J connectivity index is 2.66. The van der Waals surface area contributed by atoms with Crippen molar-refractivity contribution in [1.82, 2.24) is 4.90 Å². The topological polar surface area (TPSA) is 40.5 Å². The van der Waals surface area contributed by atoms with Crippen molar-refractivity contribution in [2.24, 2.45) is 0 Å². The number of nitrogens with zero attached hydrogens (tertiary/aromatic N) is 1.